The van der Waals surface area contributed by atoms with Crippen LogP contribution in [0.25, 0.3) is 0 Å². The molecule has 2 aromatic carbocycles. The van der Waals surface area contributed by atoms with E-state index in [-0.39, 0.29) is 17.5 Å². The maximum atomic E-state index is 12.3. The van der Waals surface area contributed by atoms with E-state index in [0.717, 1.165) is 23.1 Å². The van der Waals surface area contributed by atoms with Gasteiger partial charge in [0.1, 0.15) is 5.75 Å². The van der Waals surface area contributed by atoms with Crippen molar-refractivity contribution < 1.29 is 9.53 Å². The van der Waals surface area contributed by atoms with Crippen molar-refractivity contribution in [2.45, 2.75) is 71.3 Å². The molecule has 3 rings (SSSR count). The first-order valence-electron chi connectivity index (χ1n) is 11.3. The van der Waals surface area contributed by atoms with Gasteiger partial charge in [-0.3, -0.25) is 0 Å². The normalized spacial score (nSPS) is 14.5. The minimum absolute atomic E-state index is 0.0132. The Balaban J connectivity index is 1.39. The van der Waals surface area contributed by atoms with Gasteiger partial charge < -0.3 is 15.4 Å². The van der Waals surface area contributed by atoms with Crippen LogP contribution in [0.4, 0.5) is 4.79 Å². The largest absolute Gasteiger partial charge is 0.492 e. The summed E-state index contributed by atoms with van der Waals surface area (Å²) in [7, 11) is 0. The van der Waals surface area contributed by atoms with Gasteiger partial charge in [-0.15, -0.1) is 0 Å². The maximum Gasteiger partial charge on any atom is 0.315 e. The minimum Gasteiger partial charge on any atom is -0.492 e. The van der Waals surface area contributed by atoms with Gasteiger partial charge in [-0.05, 0) is 94.8 Å². The van der Waals surface area contributed by atoms with E-state index < -0.39 is 0 Å². The molecule has 0 heterocycles. The van der Waals surface area contributed by atoms with Crippen LogP contribution in [0, 0.1) is 0 Å². The lowest BCUT2D eigenvalue weighted by molar-refractivity contribution is 0.236. The molecule has 0 saturated carbocycles. The Bertz CT molecular complexity index is 905. The topological polar surface area (TPSA) is 50.4 Å². The summed E-state index contributed by atoms with van der Waals surface area (Å²) in [4.78, 5) is 12.3. The molecule has 2 aromatic rings. The predicted octanol–water partition coefficient (Wildman–Crippen LogP) is 6.45. The molecule has 1 aliphatic rings. The number of halogens is 1. The molecule has 0 radical (unpaired) electrons. The van der Waals surface area contributed by atoms with Crippen molar-refractivity contribution in [1.82, 2.24) is 10.6 Å². The Morgan fingerprint density at radius 3 is 2.55 bits per heavy atom. The standard InChI is InChI=1S/C26H35BrN2O2/c1-18(20-11-10-19-8-5-6-9-21(19)16-20)29-25(30)28-14-7-15-31-24-13-12-22(17-23(24)27)26(2,3)4/h10-13,16-18H,5-9,14-15H2,1-4H3,(H2,28,29,30). The van der Waals surface area contributed by atoms with Crippen molar-refractivity contribution in [1.29, 1.82) is 0 Å². The third kappa shape index (κ3) is 6.73. The SMILES string of the molecule is CC(NC(=O)NCCCOc1ccc(C(C)(C)C)cc1Br)c1ccc2c(c1)CCCC2. The number of benzene rings is 2. The predicted molar refractivity (Wildman–Crippen MR) is 131 cm³/mol. The number of fused-ring (bicyclic) bond motifs is 1. The lowest BCUT2D eigenvalue weighted by atomic mass is 9.87. The van der Waals surface area contributed by atoms with E-state index in [2.05, 4.69) is 77.7 Å². The van der Waals surface area contributed by atoms with Gasteiger partial charge >= 0.3 is 6.03 Å². The summed E-state index contributed by atoms with van der Waals surface area (Å²) in [6.07, 6.45) is 5.62. The van der Waals surface area contributed by atoms with Gasteiger partial charge in [0.25, 0.3) is 0 Å². The number of hydrogen-bond donors (Lipinski definition) is 2. The zero-order chi connectivity index (χ0) is 22.4. The summed E-state index contributed by atoms with van der Waals surface area (Å²) in [6, 6.07) is 12.7. The number of amides is 2. The second-order valence-electron chi connectivity index (χ2n) is 9.45. The number of carbonyl (C=O) groups is 1. The smallest absolute Gasteiger partial charge is 0.315 e. The molecule has 4 nitrogen and oxygen atoms in total. The first-order chi connectivity index (χ1) is 14.7. The molecule has 0 bridgehead atoms. The van der Waals surface area contributed by atoms with E-state index in [1.165, 1.54) is 41.5 Å². The van der Waals surface area contributed by atoms with Crippen LogP contribution >= 0.6 is 15.9 Å². The van der Waals surface area contributed by atoms with E-state index in [4.69, 9.17) is 4.74 Å². The lowest BCUT2D eigenvalue weighted by Crippen LogP contribution is -2.37. The first-order valence-corrected chi connectivity index (χ1v) is 12.1. The summed E-state index contributed by atoms with van der Waals surface area (Å²) in [5.41, 5.74) is 5.44. The fourth-order valence-electron chi connectivity index (χ4n) is 3.89. The molecule has 2 N–H and O–H groups in total. The molecule has 0 spiro atoms. The highest BCUT2D eigenvalue weighted by atomic mass is 79.9. The summed E-state index contributed by atoms with van der Waals surface area (Å²) < 4.78 is 6.83. The third-order valence-electron chi connectivity index (χ3n) is 5.88. The molecule has 1 aliphatic carbocycles. The number of hydrogen-bond acceptors (Lipinski definition) is 2. The van der Waals surface area contributed by atoms with Crippen LogP contribution in [-0.4, -0.2) is 19.2 Å². The molecular weight excluding hydrogens is 452 g/mol. The maximum absolute atomic E-state index is 12.3. The first kappa shape index (κ1) is 23.6. The fourth-order valence-corrected chi connectivity index (χ4v) is 4.39. The van der Waals surface area contributed by atoms with E-state index in [1.54, 1.807) is 0 Å². The molecule has 5 heteroatoms. The van der Waals surface area contributed by atoms with Gasteiger partial charge in [0.05, 0.1) is 17.1 Å². The second kappa shape index (κ2) is 10.5. The molecule has 0 aliphatic heterocycles. The zero-order valence-corrected chi connectivity index (χ0v) is 20.8. The van der Waals surface area contributed by atoms with Crippen molar-refractivity contribution in [2.75, 3.05) is 13.2 Å². The molecule has 31 heavy (non-hydrogen) atoms. The average molecular weight is 487 g/mol. The number of carbonyl (C=O) groups excluding carboxylic acids is 1. The molecular formula is C26H35BrN2O2. The van der Waals surface area contributed by atoms with E-state index in [0.29, 0.717) is 13.2 Å². The van der Waals surface area contributed by atoms with Crippen LogP contribution in [0.2, 0.25) is 0 Å². The Kier molecular flexibility index (Phi) is 8.04. The number of aryl methyl sites for hydroxylation is 2. The third-order valence-corrected chi connectivity index (χ3v) is 6.50. The zero-order valence-electron chi connectivity index (χ0n) is 19.2. The minimum atomic E-state index is -0.138. The Hall–Kier alpha value is -2.01. The van der Waals surface area contributed by atoms with Gasteiger partial charge in [-0.1, -0.05) is 45.0 Å². The van der Waals surface area contributed by atoms with Crippen LogP contribution in [0.5, 0.6) is 5.75 Å². The van der Waals surface area contributed by atoms with Crippen LogP contribution in [0.1, 0.15) is 75.3 Å². The number of ether oxygens (including phenoxy) is 1. The number of nitrogens with one attached hydrogen (secondary N) is 2. The van der Waals surface area contributed by atoms with Crippen molar-refractivity contribution in [3.8, 4) is 5.75 Å². The molecule has 1 unspecified atom stereocenters. The van der Waals surface area contributed by atoms with Crippen molar-refractivity contribution in [2.24, 2.45) is 0 Å². The lowest BCUT2D eigenvalue weighted by Gasteiger charge is -2.20. The molecule has 0 saturated heterocycles. The van der Waals surface area contributed by atoms with E-state index in [9.17, 15) is 4.79 Å². The van der Waals surface area contributed by atoms with E-state index in [1.807, 2.05) is 13.0 Å². The highest BCUT2D eigenvalue weighted by Crippen LogP contribution is 2.31. The highest BCUT2D eigenvalue weighted by Gasteiger charge is 2.16. The van der Waals surface area contributed by atoms with Gasteiger partial charge in [0.2, 0.25) is 0 Å². The van der Waals surface area contributed by atoms with Gasteiger partial charge in [0.15, 0.2) is 0 Å². The summed E-state index contributed by atoms with van der Waals surface area (Å²) in [5, 5.41) is 5.98. The summed E-state index contributed by atoms with van der Waals surface area (Å²) in [6.45, 7) is 9.73. The highest BCUT2D eigenvalue weighted by molar-refractivity contribution is 9.10. The Morgan fingerprint density at radius 1 is 1.10 bits per heavy atom. The monoisotopic (exact) mass is 486 g/mol. The number of rotatable bonds is 7. The van der Waals surface area contributed by atoms with Crippen LogP contribution < -0.4 is 15.4 Å². The molecule has 0 aromatic heterocycles. The average Bonchev–Trinajstić information content (AvgIpc) is 2.73. The van der Waals surface area contributed by atoms with Gasteiger partial charge in [-0.25, -0.2) is 4.79 Å². The Labute approximate surface area is 195 Å². The van der Waals surface area contributed by atoms with Gasteiger partial charge in [0, 0.05) is 6.54 Å². The van der Waals surface area contributed by atoms with Crippen molar-refractivity contribution in [3.63, 3.8) is 0 Å². The summed E-state index contributed by atoms with van der Waals surface area (Å²) >= 11 is 3.60. The van der Waals surface area contributed by atoms with Crippen LogP contribution in [0.15, 0.2) is 40.9 Å². The second-order valence-corrected chi connectivity index (χ2v) is 10.3. The van der Waals surface area contributed by atoms with Gasteiger partial charge in [-0.2, -0.15) is 0 Å². The Morgan fingerprint density at radius 2 is 1.84 bits per heavy atom. The summed E-state index contributed by atoms with van der Waals surface area (Å²) in [5.74, 6) is 0.832. The molecule has 0 fully saturated rings. The molecule has 2 amide bonds. The molecule has 1 atom stereocenters. The van der Waals surface area contributed by atoms with Crippen molar-refractivity contribution in [3.05, 3.63) is 63.1 Å². The van der Waals surface area contributed by atoms with E-state index >= 15 is 0 Å². The number of urea groups is 1. The van der Waals surface area contributed by atoms with Crippen molar-refractivity contribution >= 4 is 22.0 Å². The molecule has 168 valence electrons. The van der Waals surface area contributed by atoms with Crippen LogP contribution in [-0.2, 0) is 18.3 Å². The fraction of sp³-hybridized carbons (Fsp3) is 0.500. The quantitative estimate of drug-likeness (QED) is 0.441. The van der Waals surface area contributed by atoms with Crippen LogP contribution in [0.3, 0.4) is 0 Å².